The van der Waals surface area contributed by atoms with Crippen molar-refractivity contribution in [3.05, 3.63) is 0 Å². The predicted octanol–water partition coefficient (Wildman–Crippen LogP) is -1.39. The summed E-state index contributed by atoms with van der Waals surface area (Å²) < 4.78 is 33.2. The number of rotatable bonds is 7. The molecule has 0 rings (SSSR count). The predicted molar refractivity (Wildman–Crippen MR) is 52.2 cm³/mol. The van der Waals surface area contributed by atoms with Gasteiger partial charge in [-0.2, -0.15) is 8.42 Å². The van der Waals surface area contributed by atoms with Crippen LogP contribution in [0.25, 0.3) is 0 Å². The van der Waals surface area contributed by atoms with Crippen molar-refractivity contribution in [1.82, 2.24) is 0 Å². The van der Waals surface area contributed by atoms with Gasteiger partial charge in [-0.3, -0.25) is 14.1 Å². The van der Waals surface area contributed by atoms with Crippen LogP contribution in [0.1, 0.15) is 12.8 Å². The molecule has 9 heteroatoms. The summed E-state index contributed by atoms with van der Waals surface area (Å²) in [6, 6.07) is -1.16. The highest BCUT2D eigenvalue weighted by molar-refractivity contribution is 7.85. The van der Waals surface area contributed by atoms with Crippen LogP contribution >= 0.6 is 0 Å². The number of hydrogen-bond donors (Lipinski definition) is 3. The second kappa shape index (κ2) is 6.40. The molecule has 0 heterocycles. The molecule has 0 spiro atoms. The Bertz CT molecular complexity index is 350. The third kappa shape index (κ3) is 8.15. The molecule has 0 aliphatic heterocycles. The average Bonchev–Trinajstić information content (AvgIpc) is 2.11. The Kier molecular flexibility index (Phi) is 5.93. The SMILES string of the molecule is N[C@@H](CCC(=O)OCCS(=O)(=O)O)C(=O)O. The van der Waals surface area contributed by atoms with E-state index in [0.29, 0.717) is 0 Å². The van der Waals surface area contributed by atoms with Crippen LogP contribution in [0.5, 0.6) is 0 Å². The van der Waals surface area contributed by atoms with Gasteiger partial charge in [-0.15, -0.1) is 0 Å². The zero-order valence-electron chi connectivity index (χ0n) is 8.33. The number of carbonyl (C=O) groups excluding carboxylic acids is 1. The van der Waals surface area contributed by atoms with Gasteiger partial charge >= 0.3 is 11.9 Å². The highest BCUT2D eigenvalue weighted by Gasteiger charge is 2.14. The van der Waals surface area contributed by atoms with Gasteiger partial charge in [-0.05, 0) is 6.42 Å². The zero-order chi connectivity index (χ0) is 12.8. The fraction of sp³-hybridized carbons (Fsp3) is 0.714. The first kappa shape index (κ1) is 14.8. The molecule has 0 aromatic carbocycles. The lowest BCUT2D eigenvalue weighted by Gasteiger charge is -2.06. The van der Waals surface area contributed by atoms with E-state index in [9.17, 15) is 18.0 Å². The van der Waals surface area contributed by atoms with E-state index in [4.69, 9.17) is 15.4 Å². The van der Waals surface area contributed by atoms with E-state index < -0.39 is 40.5 Å². The Morgan fingerprint density at radius 2 is 1.94 bits per heavy atom. The van der Waals surface area contributed by atoms with Crippen molar-refractivity contribution in [3.63, 3.8) is 0 Å². The Hall–Kier alpha value is -1.19. The molecule has 0 fully saturated rings. The molecule has 8 nitrogen and oxygen atoms in total. The second-order valence-corrected chi connectivity index (χ2v) is 4.56. The van der Waals surface area contributed by atoms with E-state index in [-0.39, 0.29) is 12.8 Å². The highest BCUT2D eigenvalue weighted by atomic mass is 32.2. The van der Waals surface area contributed by atoms with Gasteiger partial charge in [0.2, 0.25) is 0 Å². The van der Waals surface area contributed by atoms with Crippen molar-refractivity contribution in [1.29, 1.82) is 0 Å². The van der Waals surface area contributed by atoms with Gasteiger partial charge in [0.15, 0.2) is 0 Å². The van der Waals surface area contributed by atoms with E-state index >= 15 is 0 Å². The van der Waals surface area contributed by atoms with Crippen LogP contribution in [-0.4, -0.2) is 48.4 Å². The molecule has 16 heavy (non-hydrogen) atoms. The summed E-state index contributed by atoms with van der Waals surface area (Å²) in [6.07, 6.45) is -0.320. The molecule has 0 amide bonds. The molecule has 0 aliphatic rings. The normalized spacial score (nSPS) is 13.1. The van der Waals surface area contributed by atoms with Crippen LogP contribution in [-0.2, 0) is 24.4 Å². The molecule has 0 aromatic heterocycles. The average molecular weight is 255 g/mol. The van der Waals surface area contributed by atoms with E-state index in [1.165, 1.54) is 0 Å². The van der Waals surface area contributed by atoms with E-state index in [1.807, 2.05) is 0 Å². The van der Waals surface area contributed by atoms with E-state index in [1.54, 1.807) is 0 Å². The fourth-order valence-corrected chi connectivity index (χ4v) is 1.02. The molecule has 4 N–H and O–H groups in total. The van der Waals surface area contributed by atoms with Gasteiger partial charge in [-0.25, -0.2) is 0 Å². The van der Waals surface area contributed by atoms with Crippen LogP contribution in [0.4, 0.5) is 0 Å². The van der Waals surface area contributed by atoms with Gasteiger partial charge in [-0.1, -0.05) is 0 Å². The first-order valence-corrected chi connectivity index (χ1v) is 5.92. The van der Waals surface area contributed by atoms with Crippen molar-refractivity contribution < 1.29 is 32.4 Å². The number of carboxylic acid groups (broad SMARTS) is 1. The number of esters is 1. The minimum Gasteiger partial charge on any atom is -0.480 e. The topological polar surface area (TPSA) is 144 Å². The molecule has 0 bridgehead atoms. The zero-order valence-corrected chi connectivity index (χ0v) is 9.14. The maximum Gasteiger partial charge on any atom is 0.320 e. The summed E-state index contributed by atoms with van der Waals surface area (Å²) in [5.41, 5.74) is 5.12. The number of ether oxygens (including phenoxy) is 1. The summed E-state index contributed by atoms with van der Waals surface area (Å²) >= 11 is 0. The lowest BCUT2D eigenvalue weighted by Crippen LogP contribution is -2.30. The number of carboxylic acids is 1. The summed E-state index contributed by atoms with van der Waals surface area (Å²) in [4.78, 5) is 21.2. The Balaban J connectivity index is 3.72. The molecule has 0 saturated carbocycles. The Morgan fingerprint density at radius 3 is 2.38 bits per heavy atom. The summed E-state index contributed by atoms with van der Waals surface area (Å²) in [5, 5.41) is 8.39. The largest absolute Gasteiger partial charge is 0.480 e. The molecular weight excluding hydrogens is 242 g/mol. The van der Waals surface area contributed by atoms with Crippen LogP contribution in [0, 0.1) is 0 Å². The number of nitrogens with two attached hydrogens (primary N) is 1. The van der Waals surface area contributed by atoms with Gasteiger partial charge < -0.3 is 15.6 Å². The molecule has 94 valence electrons. The second-order valence-electron chi connectivity index (χ2n) is 2.99. The van der Waals surface area contributed by atoms with Crippen LogP contribution in [0.2, 0.25) is 0 Å². The summed E-state index contributed by atoms with van der Waals surface area (Å²) in [5.74, 6) is -2.69. The molecule has 0 saturated heterocycles. The van der Waals surface area contributed by atoms with Crippen molar-refractivity contribution in [2.24, 2.45) is 5.73 Å². The van der Waals surface area contributed by atoms with Gasteiger partial charge in [0.05, 0.1) is 0 Å². The maximum atomic E-state index is 10.9. The minimum atomic E-state index is -4.16. The standard InChI is InChI=1S/C7H13NO7S/c8-5(7(10)11)1-2-6(9)15-3-4-16(12,13)14/h5H,1-4,8H2,(H,10,11)(H,12,13,14)/t5-/m0/s1. The fourth-order valence-electron chi connectivity index (χ4n) is 0.730. The van der Waals surface area contributed by atoms with Crippen LogP contribution < -0.4 is 5.73 Å². The molecule has 0 aliphatic carbocycles. The van der Waals surface area contributed by atoms with E-state index in [2.05, 4.69) is 4.74 Å². The monoisotopic (exact) mass is 255 g/mol. The molecule has 1 atom stereocenters. The third-order valence-electron chi connectivity index (χ3n) is 1.58. The number of aliphatic carboxylic acids is 1. The summed E-state index contributed by atoms with van der Waals surface area (Å²) in [6.45, 7) is -0.472. The Labute approximate surface area is 92.1 Å². The Morgan fingerprint density at radius 1 is 1.38 bits per heavy atom. The van der Waals surface area contributed by atoms with Gasteiger partial charge in [0, 0.05) is 6.42 Å². The molecule has 0 radical (unpaired) electrons. The van der Waals surface area contributed by atoms with E-state index in [0.717, 1.165) is 0 Å². The minimum absolute atomic E-state index is 0.0972. The number of hydrogen-bond acceptors (Lipinski definition) is 6. The molecule has 0 aromatic rings. The van der Waals surface area contributed by atoms with Crippen molar-refractivity contribution in [2.45, 2.75) is 18.9 Å². The molecular formula is C7H13NO7S. The lowest BCUT2D eigenvalue weighted by molar-refractivity contribution is -0.143. The smallest absolute Gasteiger partial charge is 0.320 e. The van der Waals surface area contributed by atoms with Gasteiger partial charge in [0.25, 0.3) is 10.1 Å². The van der Waals surface area contributed by atoms with Crippen LogP contribution in [0.3, 0.4) is 0 Å². The first-order chi connectivity index (χ1) is 7.22. The third-order valence-corrected chi connectivity index (χ3v) is 2.26. The van der Waals surface area contributed by atoms with Crippen LogP contribution in [0.15, 0.2) is 0 Å². The quantitative estimate of drug-likeness (QED) is 0.372. The first-order valence-electron chi connectivity index (χ1n) is 4.31. The highest BCUT2D eigenvalue weighted by Crippen LogP contribution is 1.97. The van der Waals surface area contributed by atoms with Crippen molar-refractivity contribution >= 4 is 22.1 Å². The number of carbonyl (C=O) groups is 2. The summed E-state index contributed by atoms with van der Waals surface area (Å²) in [7, 11) is -4.16. The van der Waals surface area contributed by atoms with Crippen molar-refractivity contribution in [3.8, 4) is 0 Å². The molecule has 0 unspecified atom stereocenters. The van der Waals surface area contributed by atoms with Crippen molar-refractivity contribution in [2.75, 3.05) is 12.4 Å². The van der Waals surface area contributed by atoms with Gasteiger partial charge in [0.1, 0.15) is 18.4 Å². The lowest BCUT2D eigenvalue weighted by atomic mass is 10.2. The maximum absolute atomic E-state index is 10.9.